The number of hydrogen-bond acceptors (Lipinski definition) is 6. The van der Waals surface area contributed by atoms with Crippen molar-refractivity contribution >= 4 is 10.9 Å². The molecule has 0 saturated heterocycles. The van der Waals surface area contributed by atoms with E-state index in [4.69, 9.17) is 0 Å². The summed E-state index contributed by atoms with van der Waals surface area (Å²) in [4.78, 5) is 15.5. The lowest BCUT2D eigenvalue weighted by atomic mass is 9.82. The van der Waals surface area contributed by atoms with Crippen molar-refractivity contribution in [1.82, 2.24) is 9.55 Å². The number of aliphatic hydroxyl groups is 1. The van der Waals surface area contributed by atoms with Gasteiger partial charge in [0.1, 0.15) is 5.82 Å². The smallest absolute Gasteiger partial charge is 0.420 e. The van der Waals surface area contributed by atoms with E-state index in [0.29, 0.717) is 16.6 Å². The largest absolute Gasteiger partial charge is 0.505 e. The molecule has 0 fully saturated rings. The molecule has 0 spiro atoms. The third-order valence-electron chi connectivity index (χ3n) is 6.20. The van der Waals surface area contributed by atoms with Crippen LogP contribution in [0.3, 0.4) is 0 Å². The van der Waals surface area contributed by atoms with E-state index >= 15 is 0 Å². The van der Waals surface area contributed by atoms with Crippen molar-refractivity contribution in [3.05, 3.63) is 94.3 Å². The van der Waals surface area contributed by atoms with E-state index in [-0.39, 0.29) is 11.3 Å². The summed E-state index contributed by atoms with van der Waals surface area (Å²) in [5, 5.41) is 20.3. The molecule has 13 heteroatoms. The molecule has 214 valence electrons. The molecule has 2 unspecified atom stereocenters. The van der Waals surface area contributed by atoms with Gasteiger partial charge < -0.3 is 19.7 Å². The molecule has 7 nitrogen and oxygen atoms in total. The van der Waals surface area contributed by atoms with Gasteiger partial charge in [-0.25, -0.2) is 9.37 Å². The lowest BCUT2D eigenvalue weighted by Crippen LogP contribution is -2.52. The van der Waals surface area contributed by atoms with Crippen LogP contribution >= 0.6 is 0 Å². The van der Waals surface area contributed by atoms with Crippen molar-refractivity contribution in [3.63, 3.8) is 0 Å². The van der Waals surface area contributed by atoms with Gasteiger partial charge in [-0.2, -0.15) is 22.0 Å². The molecule has 0 amide bonds. The van der Waals surface area contributed by atoms with Gasteiger partial charge in [-0.1, -0.05) is 13.0 Å². The summed E-state index contributed by atoms with van der Waals surface area (Å²) in [5.41, 5.74) is -3.18. The lowest BCUT2D eigenvalue weighted by Gasteiger charge is -2.35. The second-order valence-electron chi connectivity index (χ2n) is 8.65. The molecule has 4 aromatic rings. The van der Waals surface area contributed by atoms with Gasteiger partial charge in [0, 0.05) is 24.7 Å². The van der Waals surface area contributed by atoms with Crippen LogP contribution < -0.4 is 10.3 Å². The molecule has 2 N–H and O–H groups in total. The first kappa shape index (κ1) is 30.4. The Labute approximate surface area is 223 Å². The zero-order valence-corrected chi connectivity index (χ0v) is 21.3. The van der Waals surface area contributed by atoms with Gasteiger partial charge in [-0.3, -0.25) is 9.36 Å². The van der Waals surface area contributed by atoms with Crippen LogP contribution in [0, 0.1) is 17.6 Å². The summed E-state index contributed by atoms with van der Waals surface area (Å²) in [7, 11) is 2.15. The van der Waals surface area contributed by atoms with E-state index in [2.05, 4.69) is 14.5 Å². The van der Waals surface area contributed by atoms with Crippen molar-refractivity contribution in [3.8, 4) is 17.2 Å². The predicted octanol–water partition coefficient (Wildman–Crippen LogP) is 5.25. The maximum absolute atomic E-state index is 13.7. The van der Waals surface area contributed by atoms with Gasteiger partial charge in [0.2, 0.25) is 11.8 Å². The number of benzene rings is 2. The Balaban J connectivity index is 0.000000221. The molecule has 2 aromatic carbocycles. The van der Waals surface area contributed by atoms with Gasteiger partial charge in [-0.05, 0) is 47.9 Å². The van der Waals surface area contributed by atoms with Gasteiger partial charge in [-0.15, -0.1) is 0 Å². The molecule has 4 rings (SSSR count). The number of methoxy groups -OCH3 is 2. The first-order chi connectivity index (χ1) is 18.7. The van der Waals surface area contributed by atoms with Crippen LogP contribution in [-0.4, -0.2) is 52.4 Å². The monoisotopic (exact) mass is 570 g/mol. The minimum atomic E-state index is -5.02. The standard InChI is InChI=1S/C14H8F2N2O.C13H16F4O4/c15-10-3-1-9-2-6-14(19)18(12(9)7-10)11-4-5-13(16)17-8-11;1-7(12(19,6-20-2)13(15,16)17)8-4-5-9(21-3)10(14)11(8)18/h1-8H;4-5,7,18-19H,6H2,1-3H3. The number of halogens is 6. The van der Waals surface area contributed by atoms with E-state index in [1.807, 2.05) is 0 Å². The molecule has 40 heavy (non-hydrogen) atoms. The second kappa shape index (κ2) is 12.0. The zero-order chi connectivity index (χ0) is 29.8. The van der Waals surface area contributed by atoms with Crippen molar-refractivity contribution in [2.75, 3.05) is 20.8 Å². The van der Waals surface area contributed by atoms with Gasteiger partial charge in [0.15, 0.2) is 17.1 Å². The average Bonchev–Trinajstić information content (AvgIpc) is 2.90. The Kier molecular flexibility index (Phi) is 9.10. The molecular formula is C27H24F6N2O5. The molecule has 2 aromatic heterocycles. The van der Waals surface area contributed by atoms with Gasteiger partial charge in [0.05, 0.1) is 31.1 Å². The lowest BCUT2D eigenvalue weighted by molar-refractivity contribution is -0.280. The van der Waals surface area contributed by atoms with Crippen LogP contribution in [0.4, 0.5) is 26.3 Å². The Bertz CT molecular complexity index is 1540. The highest BCUT2D eigenvalue weighted by molar-refractivity contribution is 5.80. The van der Waals surface area contributed by atoms with Crippen LogP contribution in [0.15, 0.2) is 65.6 Å². The Morgan fingerprint density at radius 2 is 1.68 bits per heavy atom. The third-order valence-corrected chi connectivity index (χ3v) is 6.20. The maximum atomic E-state index is 13.7. The number of pyridine rings is 2. The maximum Gasteiger partial charge on any atom is 0.420 e. The number of phenolic OH excluding ortho intramolecular Hbond substituents is 1. The molecule has 0 radical (unpaired) electrons. The van der Waals surface area contributed by atoms with Gasteiger partial charge in [0.25, 0.3) is 5.56 Å². The number of ether oxygens (including phenoxy) is 2. The molecule has 0 aliphatic heterocycles. The van der Waals surface area contributed by atoms with Crippen LogP contribution in [0.1, 0.15) is 18.4 Å². The summed E-state index contributed by atoms with van der Waals surface area (Å²) in [6, 6.07) is 11.9. The predicted molar refractivity (Wildman–Crippen MR) is 133 cm³/mol. The number of nitrogens with zero attached hydrogens (tertiary/aromatic N) is 2. The highest BCUT2D eigenvalue weighted by atomic mass is 19.4. The van der Waals surface area contributed by atoms with Crippen molar-refractivity contribution in [2.24, 2.45) is 0 Å². The zero-order valence-electron chi connectivity index (χ0n) is 21.3. The van der Waals surface area contributed by atoms with Crippen LogP contribution in [0.2, 0.25) is 0 Å². The molecule has 0 saturated carbocycles. The molecule has 0 bridgehead atoms. The fraction of sp³-hybridized carbons (Fsp3) is 0.259. The van der Waals surface area contributed by atoms with E-state index < -0.39 is 53.2 Å². The Morgan fingerprint density at radius 1 is 1.00 bits per heavy atom. The molecule has 0 aliphatic rings. The third kappa shape index (κ3) is 6.05. The van der Waals surface area contributed by atoms with Crippen molar-refractivity contribution in [2.45, 2.75) is 24.6 Å². The number of alkyl halides is 3. The number of fused-ring (bicyclic) bond motifs is 1. The molecule has 0 aliphatic carbocycles. The van der Waals surface area contributed by atoms with Crippen LogP contribution in [0.25, 0.3) is 16.6 Å². The fourth-order valence-corrected chi connectivity index (χ4v) is 3.97. The number of hydrogen-bond donors (Lipinski definition) is 2. The minimum absolute atomic E-state index is 0.314. The number of aromatic nitrogens is 2. The fourth-order valence-electron chi connectivity index (χ4n) is 3.97. The van der Waals surface area contributed by atoms with E-state index in [0.717, 1.165) is 39.3 Å². The highest BCUT2D eigenvalue weighted by Crippen LogP contribution is 2.45. The summed E-state index contributed by atoms with van der Waals surface area (Å²) in [5.74, 6) is -5.24. The van der Waals surface area contributed by atoms with Crippen molar-refractivity contribution in [1.29, 1.82) is 0 Å². The number of aromatic hydroxyl groups is 1. The highest BCUT2D eigenvalue weighted by Gasteiger charge is 2.58. The van der Waals surface area contributed by atoms with E-state index in [1.54, 1.807) is 12.1 Å². The molecule has 2 atom stereocenters. The second-order valence-corrected chi connectivity index (χ2v) is 8.65. The summed E-state index contributed by atoms with van der Waals surface area (Å²) in [6.07, 6.45) is -3.79. The minimum Gasteiger partial charge on any atom is -0.505 e. The summed E-state index contributed by atoms with van der Waals surface area (Å²) in [6.45, 7) is -0.0295. The molecular weight excluding hydrogens is 546 g/mol. The summed E-state index contributed by atoms with van der Waals surface area (Å²) >= 11 is 0. The SMILES string of the molecule is COCC(O)(C(C)c1ccc(OC)c(F)c1O)C(F)(F)F.O=c1ccc2ccc(F)cc2n1-c1ccc(F)nc1. The number of phenols is 1. The first-order valence-corrected chi connectivity index (χ1v) is 11.5. The van der Waals surface area contributed by atoms with Crippen LogP contribution in [-0.2, 0) is 4.74 Å². The summed E-state index contributed by atoms with van der Waals surface area (Å²) < 4.78 is 89.4. The molecule has 2 heterocycles. The average molecular weight is 570 g/mol. The first-order valence-electron chi connectivity index (χ1n) is 11.5. The Hall–Kier alpha value is -4.10. The topological polar surface area (TPSA) is 93.8 Å². The van der Waals surface area contributed by atoms with E-state index in [9.17, 15) is 41.4 Å². The van der Waals surface area contributed by atoms with E-state index in [1.165, 1.54) is 35.0 Å². The Morgan fingerprint density at radius 3 is 2.25 bits per heavy atom. The normalized spacial score (nSPS) is 13.8. The van der Waals surface area contributed by atoms with Gasteiger partial charge >= 0.3 is 6.18 Å². The quantitative estimate of drug-likeness (QED) is 0.243. The van der Waals surface area contributed by atoms with Crippen LogP contribution in [0.5, 0.6) is 11.5 Å². The van der Waals surface area contributed by atoms with Crippen molar-refractivity contribution < 1.29 is 46.0 Å². The number of rotatable bonds is 6.